The van der Waals surface area contributed by atoms with E-state index in [9.17, 15) is 9.59 Å². The molecule has 4 nitrogen and oxygen atoms in total. The van der Waals surface area contributed by atoms with Crippen molar-refractivity contribution in [1.29, 1.82) is 0 Å². The van der Waals surface area contributed by atoms with Gasteiger partial charge in [-0.15, -0.1) is 0 Å². The summed E-state index contributed by atoms with van der Waals surface area (Å²) >= 11 is 0. The van der Waals surface area contributed by atoms with Crippen LogP contribution in [0.1, 0.15) is 109 Å². The first kappa shape index (κ1) is 32.7. The average Bonchev–Trinajstić information content (AvgIpc) is 3.18. The summed E-state index contributed by atoms with van der Waals surface area (Å²) < 4.78 is 11.9. The van der Waals surface area contributed by atoms with Crippen molar-refractivity contribution in [3.63, 3.8) is 0 Å². The quantitative estimate of drug-likeness (QED) is 0.0757. The minimum Gasteiger partial charge on any atom is -0.423 e. The van der Waals surface area contributed by atoms with Crippen LogP contribution >= 0.6 is 0 Å². The van der Waals surface area contributed by atoms with Gasteiger partial charge in [0, 0.05) is 0 Å². The third kappa shape index (κ3) is 5.88. The molecule has 0 spiro atoms. The van der Waals surface area contributed by atoms with Crippen LogP contribution in [0.5, 0.6) is 11.5 Å². The van der Waals surface area contributed by atoms with Gasteiger partial charge < -0.3 is 9.47 Å². The van der Waals surface area contributed by atoms with Crippen LogP contribution in [0.2, 0.25) is 0 Å². The van der Waals surface area contributed by atoms with Crippen molar-refractivity contribution in [3.8, 4) is 11.5 Å². The third-order valence-corrected chi connectivity index (χ3v) is 12.3. The van der Waals surface area contributed by atoms with Crippen LogP contribution in [0.25, 0.3) is 43.1 Å². The Bertz CT molecular complexity index is 2230. The highest BCUT2D eigenvalue weighted by molar-refractivity contribution is 6.35. The van der Waals surface area contributed by atoms with Crippen molar-refractivity contribution < 1.29 is 19.1 Å². The summed E-state index contributed by atoms with van der Waals surface area (Å²) in [7, 11) is 0. The molecule has 2 fully saturated rings. The van der Waals surface area contributed by atoms with Crippen LogP contribution in [0.15, 0.2) is 109 Å². The van der Waals surface area contributed by atoms with E-state index in [2.05, 4.69) is 50.2 Å². The monoisotopic (exact) mass is 684 g/mol. The normalized spacial score (nSPS) is 20.8. The number of carbonyl (C=O) groups is 2. The lowest BCUT2D eigenvalue weighted by atomic mass is 9.79. The molecule has 0 unspecified atom stereocenters. The molecular formula is C48H44O4. The van der Waals surface area contributed by atoms with Gasteiger partial charge in [-0.1, -0.05) is 112 Å². The van der Waals surface area contributed by atoms with Gasteiger partial charge >= 0.3 is 11.9 Å². The SMILES string of the molecule is CC1CCC(c2ccc(OC(=O)c3ccc4c5cccc6c(C(=O)Oc7ccc(C8CCC(C)CC8)cc7)ccc(c7cccc3c74)c65)cc2)CC1. The number of hydrogen-bond acceptors (Lipinski definition) is 4. The van der Waals surface area contributed by atoms with E-state index < -0.39 is 0 Å². The second kappa shape index (κ2) is 13.4. The molecule has 0 amide bonds. The molecule has 4 heteroatoms. The molecule has 0 bridgehead atoms. The van der Waals surface area contributed by atoms with Gasteiger partial charge in [-0.25, -0.2) is 9.59 Å². The predicted octanol–water partition coefficient (Wildman–Crippen LogP) is 12.8. The molecule has 7 aromatic carbocycles. The Hall–Kier alpha value is -5.22. The highest BCUT2D eigenvalue weighted by atomic mass is 16.5. The maximum Gasteiger partial charge on any atom is 0.344 e. The molecule has 0 atom stereocenters. The first-order valence-electron chi connectivity index (χ1n) is 19.2. The zero-order chi connectivity index (χ0) is 35.3. The summed E-state index contributed by atoms with van der Waals surface area (Å²) in [6.07, 6.45) is 9.97. The van der Waals surface area contributed by atoms with E-state index in [1.807, 2.05) is 72.8 Å². The van der Waals surface area contributed by atoms with Gasteiger partial charge in [0.15, 0.2) is 0 Å². The van der Waals surface area contributed by atoms with Crippen molar-refractivity contribution in [2.45, 2.75) is 77.0 Å². The molecule has 0 saturated heterocycles. The van der Waals surface area contributed by atoms with Crippen molar-refractivity contribution >= 4 is 55.0 Å². The van der Waals surface area contributed by atoms with Crippen LogP contribution < -0.4 is 9.47 Å². The molecule has 0 aromatic heterocycles. The van der Waals surface area contributed by atoms with Gasteiger partial charge in [-0.05, 0) is 140 Å². The van der Waals surface area contributed by atoms with E-state index in [0.717, 1.165) is 54.9 Å². The average molecular weight is 685 g/mol. The Kier molecular flexibility index (Phi) is 8.42. The van der Waals surface area contributed by atoms with Gasteiger partial charge in [0.05, 0.1) is 11.1 Å². The van der Waals surface area contributed by atoms with Crippen LogP contribution in [-0.2, 0) is 0 Å². The number of benzene rings is 7. The zero-order valence-corrected chi connectivity index (χ0v) is 30.0. The van der Waals surface area contributed by atoms with Gasteiger partial charge in [0.1, 0.15) is 11.5 Å². The maximum absolute atomic E-state index is 13.7. The summed E-state index contributed by atoms with van der Waals surface area (Å²) in [6, 6.07) is 36.2. The molecule has 7 aromatic rings. The van der Waals surface area contributed by atoms with Gasteiger partial charge in [-0.2, -0.15) is 0 Å². The fourth-order valence-electron chi connectivity index (χ4n) is 9.19. The molecule has 2 aliphatic rings. The summed E-state index contributed by atoms with van der Waals surface area (Å²) in [6.45, 7) is 4.68. The Labute approximate surface area is 305 Å². The first-order chi connectivity index (χ1) is 25.4. The first-order valence-corrected chi connectivity index (χ1v) is 19.2. The van der Waals surface area contributed by atoms with Crippen molar-refractivity contribution in [3.05, 3.63) is 131 Å². The molecule has 0 N–H and O–H groups in total. The van der Waals surface area contributed by atoms with Crippen LogP contribution in [0.4, 0.5) is 0 Å². The van der Waals surface area contributed by atoms with Gasteiger partial charge in [-0.3, -0.25) is 0 Å². The lowest BCUT2D eigenvalue weighted by molar-refractivity contribution is 0.0727. The van der Waals surface area contributed by atoms with Gasteiger partial charge in [0.25, 0.3) is 0 Å². The molecule has 260 valence electrons. The molecule has 0 heterocycles. The van der Waals surface area contributed by atoms with Crippen molar-refractivity contribution in [2.75, 3.05) is 0 Å². The minimum absolute atomic E-state index is 0.369. The second-order valence-electron chi connectivity index (χ2n) is 15.6. The van der Waals surface area contributed by atoms with E-state index in [1.54, 1.807) is 0 Å². The highest BCUT2D eigenvalue weighted by Gasteiger charge is 2.24. The summed E-state index contributed by atoms with van der Waals surface area (Å²) in [4.78, 5) is 27.4. The van der Waals surface area contributed by atoms with E-state index in [4.69, 9.17) is 9.47 Å². The lowest BCUT2D eigenvalue weighted by Crippen LogP contribution is -2.12. The number of rotatable bonds is 6. The smallest absolute Gasteiger partial charge is 0.344 e. The van der Waals surface area contributed by atoms with E-state index in [1.165, 1.54) is 62.5 Å². The standard InChI is InChI=1S/C48H44O4/c1-29-9-13-31(14-10-29)33-17-21-35(22-18-33)51-47(49)43-27-25-41-38-6-4-8-40-44(28-26-42(46(38)40)37-5-3-7-39(43)45(37)41)48(50)52-36-23-19-34(20-24-36)32-15-11-30(2)12-16-32/h3-8,17-32H,9-16H2,1-2H3. The van der Waals surface area contributed by atoms with Crippen LogP contribution in [0.3, 0.4) is 0 Å². The largest absolute Gasteiger partial charge is 0.423 e. The number of ether oxygens (including phenoxy) is 2. The second-order valence-corrected chi connectivity index (χ2v) is 15.6. The summed E-state index contributed by atoms with van der Waals surface area (Å²) in [5.41, 5.74) is 3.73. The summed E-state index contributed by atoms with van der Waals surface area (Å²) in [5, 5.41) is 7.86. The molecular weight excluding hydrogens is 641 g/mol. The number of esters is 2. The van der Waals surface area contributed by atoms with E-state index >= 15 is 0 Å². The third-order valence-electron chi connectivity index (χ3n) is 12.3. The molecule has 2 aliphatic carbocycles. The zero-order valence-electron chi connectivity index (χ0n) is 30.0. The van der Waals surface area contributed by atoms with Crippen LogP contribution in [-0.4, -0.2) is 11.9 Å². The topological polar surface area (TPSA) is 52.6 Å². The molecule has 0 aliphatic heterocycles. The Morgan fingerprint density at radius 1 is 0.423 bits per heavy atom. The fourth-order valence-corrected chi connectivity index (χ4v) is 9.19. The van der Waals surface area contributed by atoms with Crippen LogP contribution in [0, 0.1) is 11.8 Å². The van der Waals surface area contributed by atoms with Crippen molar-refractivity contribution in [2.24, 2.45) is 11.8 Å². The molecule has 0 radical (unpaired) electrons. The molecule has 52 heavy (non-hydrogen) atoms. The molecule has 2 saturated carbocycles. The van der Waals surface area contributed by atoms with E-state index in [-0.39, 0.29) is 11.9 Å². The Balaban J connectivity index is 1.01. The van der Waals surface area contributed by atoms with Crippen molar-refractivity contribution in [1.82, 2.24) is 0 Å². The molecule has 9 rings (SSSR count). The fraction of sp³-hybridized carbons (Fsp3) is 0.292. The Morgan fingerprint density at radius 2 is 0.769 bits per heavy atom. The predicted molar refractivity (Wildman–Crippen MR) is 211 cm³/mol. The van der Waals surface area contributed by atoms with Gasteiger partial charge in [0.2, 0.25) is 0 Å². The number of hydrogen-bond donors (Lipinski definition) is 0. The minimum atomic E-state index is -0.369. The van der Waals surface area contributed by atoms with E-state index in [0.29, 0.717) is 34.5 Å². The summed E-state index contributed by atoms with van der Waals surface area (Å²) in [5.74, 6) is 3.17. The number of carbonyl (C=O) groups excluding carboxylic acids is 2. The Morgan fingerprint density at radius 3 is 1.15 bits per heavy atom. The highest BCUT2D eigenvalue weighted by Crippen LogP contribution is 2.43. The lowest BCUT2D eigenvalue weighted by Gasteiger charge is -2.26. The number of fused-ring (bicyclic) bond motifs is 2. The maximum atomic E-state index is 13.7.